The third-order valence-corrected chi connectivity index (χ3v) is 5.36. The van der Waals surface area contributed by atoms with E-state index in [-0.39, 0.29) is 10.8 Å². The number of carbonyl (C=O) groups excluding carboxylic acids is 1. The topological polar surface area (TPSA) is 84.5 Å². The summed E-state index contributed by atoms with van der Waals surface area (Å²) in [4.78, 5) is 12.4. The summed E-state index contributed by atoms with van der Waals surface area (Å²) < 4.78 is 32.2. The van der Waals surface area contributed by atoms with Crippen molar-refractivity contribution in [2.75, 3.05) is 18.5 Å². The van der Waals surface area contributed by atoms with Crippen molar-refractivity contribution in [3.63, 3.8) is 0 Å². The summed E-state index contributed by atoms with van der Waals surface area (Å²) in [6.07, 6.45) is 1.59. The number of nitrogens with one attached hydrogen (secondary N) is 2. The maximum Gasteiger partial charge on any atom is 0.240 e. The van der Waals surface area contributed by atoms with Gasteiger partial charge in [0.25, 0.3) is 0 Å². The molecule has 2 rings (SSSR count). The molecule has 0 bridgehead atoms. The lowest BCUT2D eigenvalue weighted by Crippen LogP contribution is -2.24. The van der Waals surface area contributed by atoms with Gasteiger partial charge in [0.15, 0.2) is 0 Å². The van der Waals surface area contributed by atoms with Crippen LogP contribution in [0.1, 0.15) is 32.3 Å². The highest BCUT2D eigenvalue weighted by Crippen LogP contribution is 2.20. The van der Waals surface area contributed by atoms with E-state index in [1.165, 1.54) is 12.1 Å². The smallest absolute Gasteiger partial charge is 0.240 e. The van der Waals surface area contributed by atoms with E-state index in [4.69, 9.17) is 4.74 Å². The Labute approximate surface area is 161 Å². The van der Waals surface area contributed by atoms with Gasteiger partial charge in [-0.1, -0.05) is 25.1 Å². The molecule has 6 nitrogen and oxygen atoms in total. The molecule has 146 valence electrons. The molecule has 2 N–H and O–H groups in total. The van der Waals surface area contributed by atoms with Crippen molar-refractivity contribution >= 4 is 21.6 Å². The predicted molar refractivity (Wildman–Crippen MR) is 106 cm³/mol. The Morgan fingerprint density at radius 1 is 1.04 bits per heavy atom. The van der Waals surface area contributed by atoms with E-state index in [9.17, 15) is 13.2 Å². The summed E-state index contributed by atoms with van der Waals surface area (Å²) in [6, 6.07) is 13.8. The van der Waals surface area contributed by atoms with Gasteiger partial charge in [-0.2, -0.15) is 0 Å². The second-order valence-electron chi connectivity index (χ2n) is 6.01. The van der Waals surface area contributed by atoms with Crippen molar-refractivity contribution in [2.24, 2.45) is 0 Å². The zero-order valence-electron chi connectivity index (χ0n) is 15.7. The van der Waals surface area contributed by atoms with E-state index >= 15 is 0 Å². The highest BCUT2D eigenvalue weighted by Gasteiger charge is 2.13. The molecule has 2 aromatic rings. The molecule has 7 heteroatoms. The summed E-state index contributed by atoms with van der Waals surface area (Å²) in [6.45, 7) is 4.79. The third kappa shape index (κ3) is 6.37. The second kappa shape index (κ2) is 10.1. The lowest BCUT2D eigenvalue weighted by atomic mass is 10.1. The quantitative estimate of drug-likeness (QED) is 0.652. The number of para-hydroxylation sites is 1. The van der Waals surface area contributed by atoms with Crippen LogP contribution in [0.5, 0.6) is 5.75 Å². The Balaban J connectivity index is 1.93. The summed E-state index contributed by atoms with van der Waals surface area (Å²) in [5, 5.41) is 2.79. The van der Waals surface area contributed by atoms with Crippen LogP contribution in [0.25, 0.3) is 0 Å². The van der Waals surface area contributed by atoms with Crippen molar-refractivity contribution in [3.05, 3.63) is 54.1 Å². The van der Waals surface area contributed by atoms with Crippen LogP contribution in [0.2, 0.25) is 0 Å². The molecule has 0 radical (unpaired) electrons. The number of sulfonamides is 1. The normalized spacial score (nSPS) is 11.2. The van der Waals surface area contributed by atoms with Gasteiger partial charge in [-0.05, 0) is 55.7 Å². The molecular formula is C20H26N2O4S. The molecule has 0 fully saturated rings. The molecule has 0 aromatic heterocycles. The fraction of sp³-hybridized carbons (Fsp3) is 0.350. The molecule has 0 atom stereocenters. The average Bonchev–Trinajstić information content (AvgIpc) is 2.66. The molecule has 0 aliphatic carbocycles. The number of ether oxygens (including phenoxy) is 1. The van der Waals surface area contributed by atoms with Crippen LogP contribution < -0.4 is 14.8 Å². The number of hydrogen-bond donors (Lipinski definition) is 2. The number of amides is 1. The maximum absolute atomic E-state index is 12.2. The average molecular weight is 391 g/mol. The van der Waals surface area contributed by atoms with E-state index in [0.29, 0.717) is 31.7 Å². The van der Waals surface area contributed by atoms with Crippen LogP contribution in [0.4, 0.5) is 5.69 Å². The minimum Gasteiger partial charge on any atom is -0.494 e. The molecule has 0 unspecified atom stereocenters. The number of benzene rings is 2. The van der Waals surface area contributed by atoms with Gasteiger partial charge >= 0.3 is 0 Å². The summed E-state index contributed by atoms with van der Waals surface area (Å²) in [7, 11) is -3.50. The molecule has 0 aliphatic rings. The zero-order chi connectivity index (χ0) is 19.7. The fourth-order valence-corrected chi connectivity index (χ4v) is 3.65. The van der Waals surface area contributed by atoms with Crippen LogP contribution >= 0.6 is 0 Å². The maximum atomic E-state index is 12.2. The van der Waals surface area contributed by atoms with Crippen molar-refractivity contribution in [1.82, 2.24) is 4.72 Å². The van der Waals surface area contributed by atoms with Gasteiger partial charge in [0.05, 0.1) is 11.5 Å². The lowest BCUT2D eigenvalue weighted by Gasteiger charge is -2.10. The highest BCUT2D eigenvalue weighted by molar-refractivity contribution is 7.89. The Hall–Kier alpha value is -2.38. The van der Waals surface area contributed by atoms with Gasteiger partial charge in [0.1, 0.15) is 5.75 Å². The van der Waals surface area contributed by atoms with Gasteiger partial charge in [0, 0.05) is 18.7 Å². The molecule has 0 spiro atoms. The van der Waals surface area contributed by atoms with E-state index in [1.54, 1.807) is 12.1 Å². The molecule has 27 heavy (non-hydrogen) atoms. The Bertz CT molecular complexity index is 849. The molecule has 2 aromatic carbocycles. The third-order valence-electron chi connectivity index (χ3n) is 3.88. The molecule has 0 heterocycles. The lowest BCUT2D eigenvalue weighted by molar-refractivity contribution is -0.116. The molecule has 0 saturated carbocycles. The zero-order valence-corrected chi connectivity index (χ0v) is 16.5. The fourth-order valence-electron chi connectivity index (χ4n) is 2.52. The van der Waals surface area contributed by atoms with Crippen LogP contribution in [0, 0.1) is 0 Å². The predicted octanol–water partition coefficient (Wildman–Crippen LogP) is 3.34. The van der Waals surface area contributed by atoms with Gasteiger partial charge in [-0.25, -0.2) is 13.1 Å². The number of rotatable bonds is 10. The number of hydrogen-bond acceptors (Lipinski definition) is 4. The molecule has 1 amide bonds. The van der Waals surface area contributed by atoms with Crippen molar-refractivity contribution in [1.29, 1.82) is 0 Å². The van der Waals surface area contributed by atoms with E-state index in [0.717, 1.165) is 17.7 Å². The highest BCUT2D eigenvalue weighted by atomic mass is 32.2. The number of anilines is 1. The summed E-state index contributed by atoms with van der Waals surface area (Å²) >= 11 is 0. The number of aryl methyl sites for hydroxylation is 1. The van der Waals surface area contributed by atoms with Crippen LogP contribution in [-0.4, -0.2) is 27.5 Å². The summed E-state index contributed by atoms with van der Waals surface area (Å²) in [5.41, 5.74) is 1.55. The van der Waals surface area contributed by atoms with Crippen LogP contribution in [-0.2, 0) is 21.2 Å². The molecule has 0 saturated heterocycles. The molecular weight excluding hydrogens is 364 g/mol. The standard InChI is InChI=1S/C20H26N2O4S/c1-3-15-21-27(24,25)18-12-10-17(11-13-18)22-20(23)14-9-16-7-5-6-8-19(16)26-4-2/h5-8,10-13,21H,3-4,9,14-15H2,1-2H3,(H,22,23). The van der Waals surface area contributed by atoms with Gasteiger partial charge in [-0.15, -0.1) is 0 Å². The van der Waals surface area contributed by atoms with E-state index < -0.39 is 10.0 Å². The van der Waals surface area contributed by atoms with Crippen LogP contribution in [0.3, 0.4) is 0 Å². The first-order chi connectivity index (χ1) is 13.0. The second-order valence-corrected chi connectivity index (χ2v) is 7.78. The minimum atomic E-state index is -3.50. The SMILES string of the molecule is CCCNS(=O)(=O)c1ccc(NC(=O)CCc2ccccc2OCC)cc1. The largest absolute Gasteiger partial charge is 0.494 e. The molecule has 0 aliphatic heterocycles. The van der Waals surface area contributed by atoms with Gasteiger partial charge in [-0.3, -0.25) is 4.79 Å². The first-order valence-corrected chi connectivity index (χ1v) is 10.5. The van der Waals surface area contributed by atoms with Crippen molar-refractivity contribution < 1.29 is 17.9 Å². The summed E-state index contributed by atoms with van der Waals surface area (Å²) in [5.74, 6) is 0.656. The Morgan fingerprint density at radius 3 is 2.41 bits per heavy atom. The van der Waals surface area contributed by atoms with Gasteiger partial charge < -0.3 is 10.1 Å². The Kier molecular flexibility index (Phi) is 7.82. The Morgan fingerprint density at radius 2 is 1.74 bits per heavy atom. The van der Waals surface area contributed by atoms with E-state index in [2.05, 4.69) is 10.0 Å². The monoisotopic (exact) mass is 390 g/mol. The van der Waals surface area contributed by atoms with E-state index in [1.807, 2.05) is 38.1 Å². The van der Waals surface area contributed by atoms with Crippen molar-refractivity contribution in [3.8, 4) is 5.75 Å². The van der Waals surface area contributed by atoms with Gasteiger partial charge in [0.2, 0.25) is 15.9 Å². The van der Waals surface area contributed by atoms with Crippen LogP contribution in [0.15, 0.2) is 53.4 Å². The first kappa shape index (κ1) is 20.9. The minimum absolute atomic E-state index is 0.138. The van der Waals surface area contributed by atoms with Crippen molar-refractivity contribution in [2.45, 2.75) is 38.0 Å². The first-order valence-electron chi connectivity index (χ1n) is 9.06. The number of carbonyl (C=O) groups is 1.